The quantitative estimate of drug-likeness (QED) is 0.271. The minimum absolute atomic E-state index is 0.0429. The summed E-state index contributed by atoms with van der Waals surface area (Å²) in [6, 6.07) is 3.97. The van der Waals surface area contributed by atoms with Gasteiger partial charge in [-0.15, -0.1) is 11.3 Å². The van der Waals surface area contributed by atoms with Crippen LogP contribution in [0.5, 0.6) is 0 Å². The molecule has 1 aromatic carbocycles. The predicted molar refractivity (Wildman–Crippen MR) is 143 cm³/mol. The number of nitrogens with one attached hydrogen (secondary N) is 3. The van der Waals surface area contributed by atoms with Crippen molar-refractivity contribution in [1.29, 1.82) is 0 Å². The van der Waals surface area contributed by atoms with Crippen molar-refractivity contribution < 1.29 is 35.5 Å². The molecule has 0 aliphatic heterocycles. The van der Waals surface area contributed by atoms with Gasteiger partial charge in [0.05, 0.1) is 27.1 Å². The fourth-order valence-corrected chi connectivity index (χ4v) is 7.11. The summed E-state index contributed by atoms with van der Waals surface area (Å²) in [7, 11) is -4.18. The van der Waals surface area contributed by atoms with Crippen LogP contribution in [0.25, 0.3) is 10.4 Å². The van der Waals surface area contributed by atoms with Crippen molar-refractivity contribution in [3.63, 3.8) is 0 Å². The van der Waals surface area contributed by atoms with Gasteiger partial charge in [-0.1, -0.05) is 13.0 Å². The van der Waals surface area contributed by atoms with E-state index in [0.29, 0.717) is 25.7 Å². The molecule has 0 spiro atoms. The maximum atomic E-state index is 14.2. The first kappa shape index (κ1) is 29.8. The molecule has 1 amide bonds. The highest BCUT2D eigenvalue weighted by atomic mass is 32.2. The number of thiazole rings is 1. The number of carbonyl (C=O) groups is 1. The zero-order chi connectivity index (χ0) is 29.1. The lowest BCUT2D eigenvalue weighted by Crippen LogP contribution is -2.38. The number of anilines is 2. The lowest BCUT2D eigenvalue weighted by Gasteiger charge is -2.28. The van der Waals surface area contributed by atoms with Crippen LogP contribution in [0, 0.1) is 0 Å². The van der Waals surface area contributed by atoms with Crippen LogP contribution < -0.4 is 15.4 Å². The molecule has 2 aromatic heterocycles. The van der Waals surface area contributed by atoms with E-state index in [1.54, 1.807) is 20.8 Å². The molecule has 1 saturated carbocycles. The Labute approximate surface area is 233 Å². The molecular formula is C25H30F3N5O5S2. The maximum Gasteiger partial charge on any atom is 0.434 e. The van der Waals surface area contributed by atoms with E-state index in [0.717, 1.165) is 11.3 Å². The zero-order valence-corrected chi connectivity index (χ0v) is 23.7. The Bertz CT molecular complexity index is 1420. The van der Waals surface area contributed by atoms with Gasteiger partial charge in [-0.25, -0.2) is 27.9 Å². The number of amides is 1. The van der Waals surface area contributed by atoms with Gasteiger partial charge in [-0.05, 0) is 51.7 Å². The van der Waals surface area contributed by atoms with Gasteiger partial charge in [-0.3, -0.25) is 0 Å². The lowest BCUT2D eigenvalue weighted by atomic mass is 9.86. The number of ether oxygens (including phenoxy) is 1. The minimum atomic E-state index is -4.81. The second-order valence-electron chi connectivity index (χ2n) is 9.55. The van der Waals surface area contributed by atoms with Crippen molar-refractivity contribution in [3.05, 3.63) is 41.4 Å². The molecule has 0 radical (unpaired) electrons. The summed E-state index contributed by atoms with van der Waals surface area (Å²) in [5.41, 5.74) is -0.973. The molecule has 0 atom stereocenters. The second-order valence-corrected chi connectivity index (χ2v) is 12.3. The van der Waals surface area contributed by atoms with Gasteiger partial charge in [0.1, 0.15) is 6.26 Å². The first-order valence-corrected chi connectivity index (χ1v) is 15.0. The molecule has 15 heteroatoms. The molecule has 3 aromatic rings. The van der Waals surface area contributed by atoms with Crippen molar-refractivity contribution in [3.8, 4) is 10.4 Å². The monoisotopic (exact) mass is 601 g/mol. The Morgan fingerprint density at radius 2 is 1.95 bits per heavy atom. The van der Waals surface area contributed by atoms with Gasteiger partial charge in [0.25, 0.3) is 6.01 Å². The summed E-state index contributed by atoms with van der Waals surface area (Å²) in [6.45, 7) is 5.10. The summed E-state index contributed by atoms with van der Waals surface area (Å²) in [4.78, 5) is 19.2. The standard InChI is InChI=1S/C25H30F3N5O5S2/c1-4-30-40(35,36)19-13-17(31-23-29-11-12-37-23)9-10-18(19)20-21(25(26,27)28)33-22(39-20)15-5-7-16(8-6-15)32-24(34)38-14(2)3/h9-16,30H,4-8H2,1-3H3,(H,29,31)(H,32,34)/t15-,16-. The van der Waals surface area contributed by atoms with Crippen LogP contribution >= 0.6 is 11.3 Å². The van der Waals surface area contributed by atoms with Gasteiger partial charge in [-0.2, -0.15) is 13.2 Å². The average Bonchev–Trinajstić information content (AvgIpc) is 3.54. The first-order chi connectivity index (χ1) is 18.9. The largest absolute Gasteiger partial charge is 0.447 e. The number of alkyl carbamates (subject to hydrolysis) is 1. The molecule has 2 heterocycles. The fraction of sp³-hybridized carbons (Fsp3) is 0.480. The molecule has 40 heavy (non-hydrogen) atoms. The number of benzene rings is 1. The van der Waals surface area contributed by atoms with Crippen molar-refractivity contribution in [2.75, 3.05) is 11.9 Å². The summed E-state index contributed by atoms with van der Waals surface area (Å²) in [6.07, 6.45) is -0.757. The summed E-state index contributed by atoms with van der Waals surface area (Å²) < 4.78 is 81.5. The molecule has 1 aliphatic rings. The summed E-state index contributed by atoms with van der Waals surface area (Å²) >= 11 is 0.842. The maximum absolute atomic E-state index is 14.2. The van der Waals surface area contributed by atoms with Crippen molar-refractivity contribution >= 4 is 39.2 Å². The normalized spacial score (nSPS) is 18.1. The summed E-state index contributed by atoms with van der Waals surface area (Å²) in [5, 5.41) is 5.88. The third-order valence-corrected chi connectivity index (χ3v) is 9.02. The smallest absolute Gasteiger partial charge is 0.434 e. The molecule has 0 bridgehead atoms. The number of hydrogen-bond acceptors (Lipinski definition) is 9. The van der Waals surface area contributed by atoms with Gasteiger partial charge in [0.2, 0.25) is 10.0 Å². The number of nitrogens with zero attached hydrogens (tertiary/aromatic N) is 2. The third kappa shape index (κ3) is 7.12. The van der Waals surface area contributed by atoms with Crippen molar-refractivity contribution in [2.24, 2.45) is 0 Å². The minimum Gasteiger partial charge on any atom is -0.447 e. The lowest BCUT2D eigenvalue weighted by molar-refractivity contribution is -0.140. The number of sulfonamides is 1. The van der Waals surface area contributed by atoms with Crippen LogP contribution in [-0.4, -0.2) is 43.2 Å². The van der Waals surface area contributed by atoms with E-state index in [2.05, 4.69) is 25.3 Å². The van der Waals surface area contributed by atoms with E-state index in [1.165, 1.54) is 30.7 Å². The van der Waals surface area contributed by atoms with Crippen molar-refractivity contribution in [1.82, 2.24) is 20.0 Å². The zero-order valence-electron chi connectivity index (χ0n) is 22.0. The number of halogens is 3. The number of rotatable bonds is 9. The highest BCUT2D eigenvalue weighted by molar-refractivity contribution is 7.89. The van der Waals surface area contributed by atoms with Crippen LogP contribution in [0.3, 0.4) is 0 Å². The average molecular weight is 602 g/mol. The van der Waals surface area contributed by atoms with E-state index >= 15 is 0 Å². The summed E-state index contributed by atoms with van der Waals surface area (Å²) in [5.74, 6) is -0.265. The molecule has 4 rings (SSSR count). The van der Waals surface area contributed by atoms with Crippen LogP contribution in [0.2, 0.25) is 0 Å². The Morgan fingerprint density at radius 3 is 2.55 bits per heavy atom. The number of alkyl halides is 3. The molecular weight excluding hydrogens is 571 g/mol. The number of aromatic nitrogens is 2. The molecule has 1 fully saturated rings. The highest BCUT2D eigenvalue weighted by Crippen LogP contribution is 2.46. The third-order valence-electron chi connectivity index (χ3n) is 6.19. The van der Waals surface area contributed by atoms with Gasteiger partial charge in [0.15, 0.2) is 5.69 Å². The number of carbonyl (C=O) groups excluding carboxylic acids is 1. The Hall–Kier alpha value is -3.17. The van der Waals surface area contributed by atoms with Gasteiger partial charge < -0.3 is 19.8 Å². The van der Waals surface area contributed by atoms with Crippen LogP contribution in [0.4, 0.5) is 29.7 Å². The van der Waals surface area contributed by atoms with E-state index in [1.807, 2.05) is 0 Å². The van der Waals surface area contributed by atoms with Crippen LogP contribution in [0.15, 0.2) is 40.0 Å². The Balaban J connectivity index is 1.66. The Morgan fingerprint density at radius 1 is 1.23 bits per heavy atom. The molecule has 0 saturated heterocycles. The number of oxazole rings is 1. The molecule has 218 valence electrons. The van der Waals surface area contributed by atoms with Gasteiger partial charge >= 0.3 is 12.3 Å². The molecule has 0 unspecified atom stereocenters. The highest BCUT2D eigenvalue weighted by Gasteiger charge is 2.40. The number of hydrogen-bond donors (Lipinski definition) is 3. The van der Waals surface area contributed by atoms with Gasteiger partial charge in [0, 0.05) is 29.8 Å². The molecule has 10 nitrogen and oxygen atoms in total. The SMILES string of the molecule is CCNS(=O)(=O)c1cc(Nc2ncco2)ccc1-c1sc([C@H]2CC[C@H](NC(=O)OC(C)C)CC2)nc1C(F)(F)F. The Kier molecular flexibility index (Phi) is 9.05. The van der Waals surface area contributed by atoms with E-state index < -0.39 is 28.0 Å². The topological polar surface area (TPSA) is 135 Å². The van der Waals surface area contributed by atoms with E-state index in [9.17, 15) is 26.4 Å². The predicted octanol–water partition coefficient (Wildman–Crippen LogP) is 6.02. The molecule has 1 aliphatic carbocycles. The molecule has 3 N–H and O–H groups in total. The van der Waals surface area contributed by atoms with E-state index in [-0.39, 0.29) is 56.7 Å². The first-order valence-electron chi connectivity index (χ1n) is 12.7. The van der Waals surface area contributed by atoms with Crippen LogP contribution in [-0.2, 0) is 20.9 Å². The van der Waals surface area contributed by atoms with Crippen LogP contribution in [0.1, 0.15) is 63.1 Å². The fourth-order valence-electron chi connectivity index (χ4n) is 4.47. The van der Waals surface area contributed by atoms with Crippen molar-refractivity contribution in [2.45, 2.75) is 75.6 Å². The van der Waals surface area contributed by atoms with E-state index in [4.69, 9.17) is 9.15 Å². The second kappa shape index (κ2) is 12.1.